The lowest BCUT2D eigenvalue weighted by Gasteiger charge is -2.54. The quantitative estimate of drug-likeness (QED) is 0.542. The van der Waals surface area contributed by atoms with Crippen molar-refractivity contribution in [1.29, 1.82) is 0 Å². The number of hydrogen-bond acceptors (Lipinski definition) is 0. The van der Waals surface area contributed by atoms with Crippen molar-refractivity contribution < 1.29 is 0 Å². The summed E-state index contributed by atoms with van der Waals surface area (Å²) in [6.45, 7) is 7.26. The van der Waals surface area contributed by atoms with Gasteiger partial charge in [-0.2, -0.15) is 0 Å². The van der Waals surface area contributed by atoms with E-state index in [1.165, 1.54) is 51.4 Å². The molecule has 0 radical (unpaired) electrons. The molecule has 0 aromatic heterocycles. The van der Waals surface area contributed by atoms with E-state index in [1.807, 2.05) is 0 Å². The zero-order valence-electron chi connectivity index (χ0n) is 12.5. The Morgan fingerprint density at radius 2 is 1.89 bits per heavy atom. The summed E-state index contributed by atoms with van der Waals surface area (Å²) in [4.78, 5) is 0. The molecule has 0 nitrogen and oxygen atoms in total. The van der Waals surface area contributed by atoms with E-state index >= 15 is 0 Å². The first kappa shape index (κ1) is 13.9. The fourth-order valence-corrected chi connectivity index (χ4v) is 4.67. The molecule has 0 heterocycles. The minimum Gasteiger partial charge on any atom is -0.0885 e. The summed E-state index contributed by atoms with van der Waals surface area (Å²) in [7, 11) is 0. The van der Waals surface area contributed by atoms with Gasteiger partial charge >= 0.3 is 0 Å². The minimum absolute atomic E-state index is 0.464. The van der Waals surface area contributed by atoms with Crippen molar-refractivity contribution in [3.63, 3.8) is 0 Å². The van der Waals surface area contributed by atoms with Gasteiger partial charge < -0.3 is 0 Å². The maximum atomic E-state index is 2.62. The van der Waals surface area contributed by atoms with Gasteiger partial charge in [0.25, 0.3) is 0 Å². The van der Waals surface area contributed by atoms with E-state index in [4.69, 9.17) is 0 Å². The van der Waals surface area contributed by atoms with Crippen molar-refractivity contribution in [1.82, 2.24) is 0 Å². The summed E-state index contributed by atoms with van der Waals surface area (Å²) >= 11 is 0. The summed E-state index contributed by atoms with van der Waals surface area (Å²) in [6.07, 6.45) is 20.8. The molecule has 0 saturated heterocycles. The van der Waals surface area contributed by atoms with Gasteiger partial charge in [0, 0.05) is 0 Å². The second-order valence-corrected chi connectivity index (χ2v) is 6.73. The first-order valence-electron chi connectivity index (χ1n) is 7.99. The van der Waals surface area contributed by atoms with E-state index in [0.29, 0.717) is 10.8 Å². The van der Waals surface area contributed by atoms with Crippen molar-refractivity contribution in [2.45, 2.75) is 72.1 Å². The summed E-state index contributed by atoms with van der Waals surface area (Å²) in [5.74, 6) is 0.770. The van der Waals surface area contributed by atoms with Crippen LogP contribution < -0.4 is 0 Å². The van der Waals surface area contributed by atoms with Crippen LogP contribution in [0.5, 0.6) is 0 Å². The van der Waals surface area contributed by atoms with Crippen molar-refractivity contribution in [2.75, 3.05) is 0 Å². The Morgan fingerprint density at radius 3 is 2.39 bits per heavy atom. The molecule has 2 aliphatic carbocycles. The molecule has 0 amide bonds. The third kappa shape index (κ3) is 2.19. The normalized spacial score (nSPS) is 36.2. The van der Waals surface area contributed by atoms with Gasteiger partial charge in [-0.05, 0) is 61.7 Å². The van der Waals surface area contributed by atoms with E-state index in [-0.39, 0.29) is 0 Å². The second kappa shape index (κ2) is 5.63. The monoisotopic (exact) mass is 246 g/mol. The van der Waals surface area contributed by atoms with Crippen LogP contribution >= 0.6 is 0 Å². The van der Waals surface area contributed by atoms with Gasteiger partial charge in [0.15, 0.2) is 0 Å². The fraction of sp³-hybridized carbons (Fsp3) is 0.778. The lowest BCUT2D eigenvalue weighted by Crippen LogP contribution is -2.46. The van der Waals surface area contributed by atoms with E-state index < -0.39 is 0 Å². The second-order valence-electron chi connectivity index (χ2n) is 6.73. The van der Waals surface area contributed by atoms with Crippen LogP contribution in [0.4, 0.5) is 0 Å². The molecule has 102 valence electrons. The zero-order valence-corrected chi connectivity index (χ0v) is 12.5. The molecule has 0 aliphatic heterocycles. The van der Waals surface area contributed by atoms with Gasteiger partial charge in [-0.15, -0.1) is 0 Å². The van der Waals surface area contributed by atoms with Crippen LogP contribution in [0.1, 0.15) is 72.1 Å². The molecule has 0 spiro atoms. The summed E-state index contributed by atoms with van der Waals surface area (Å²) in [5, 5.41) is 0. The van der Waals surface area contributed by atoms with Gasteiger partial charge in [0.2, 0.25) is 0 Å². The van der Waals surface area contributed by atoms with Gasteiger partial charge in [-0.1, -0.05) is 51.5 Å². The standard InChI is InChI=1S/C18H30/c1-4-11-17(12-7-5-8-13-17)18(16(2)3)14-9-6-10-15-18/h5,7,9,14,16H,4,6,8,10-13,15H2,1-3H3. The average molecular weight is 246 g/mol. The largest absolute Gasteiger partial charge is 0.0885 e. The van der Waals surface area contributed by atoms with Crippen LogP contribution in [0.25, 0.3) is 0 Å². The fourth-order valence-electron chi connectivity index (χ4n) is 4.67. The third-order valence-corrected chi connectivity index (χ3v) is 5.59. The van der Waals surface area contributed by atoms with E-state index in [9.17, 15) is 0 Å². The highest BCUT2D eigenvalue weighted by Crippen LogP contribution is 2.59. The minimum atomic E-state index is 0.464. The first-order valence-corrected chi connectivity index (χ1v) is 7.99. The Kier molecular flexibility index (Phi) is 4.35. The molecule has 0 saturated carbocycles. The Hall–Kier alpha value is -0.520. The number of hydrogen-bond donors (Lipinski definition) is 0. The molecule has 2 atom stereocenters. The van der Waals surface area contributed by atoms with E-state index in [2.05, 4.69) is 45.1 Å². The van der Waals surface area contributed by atoms with Gasteiger partial charge in [0.1, 0.15) is 0 Å². The summed E-state index contributed by atoms with van der Waals surface area (Å²) in [5.41, 5.74) is 1.01. The van der Waals surface area contributed by atoms with Gasteiger partial charge in [-0.25, -0.2) is 0 Å². The molecule has 0 bridgehead atoms. The Bertz CT molecular complexity index is 323. The smallest absolute Gasteiger partial charge is 0.00357 e. The summed E-state index contributed by atoms with van der Waals surface area (Å²) < 4.78 is 0. The molecule has 0 N–H and O–H groups in total. The lowest BCUT2D eigenvalue weighted by atomic mass is 9.50. The van der Waals surface area contributed by atoms with Crippen LogP contribution in [0, 0.1) is 16.7 Å². The Labute approximate surface area is 114 Å². The lowest BCUT2D eigenvalue weighted by molar-refractivity contribution is 0.00125. The van der Waals surface area contributed by atoms with Gasteiger partial charge in [0.05, 0.1) is 0 Å². The topological polar surface area (TPSA) is 0 Å². The van der Waals surface area contributed by atoms with Crippen molar-refractivity contribution in [3.8, 4) is 0 Å². The van der Waals surface area contributed by atoms with Crippen LogP contribution in [-0.2, 0) is 0 Å². The van der Waals surface area contributed by atoms with Crippen LogP contribution in [-0.4, -0.2) is 0 Å². The SMILES string of the molecule is CCCC1(C2(C(C)C)C=CCCC2)CC=CCC1. The number of rotatable bonds is 4. The molecule has 0 aromatic carbocycles. The number of allylic oxidation sites excluding steroid dienone is 4. The maximum Gasteiger partial charge on any atom is -0.00357 e. The molecule has 2 aliphatic rings. The van der Waals surface area contributed by atoms with Gasteiger partial charge in [-0.3, -0.25) is 0 Å². The third-order valence-electron chi connectivity index (χ3n) is 5.59. The summed E-state index contributed by atoms with van der Waals surface area (Å²) in [6, 6.07) is 0. The Morgan fingerprint density at radius 1 is 1.06 bits per heavy atom. The van der Waals surface area contributed by atoms with Crippen molar-refractivity contribution in [2.24, 2.45) is 16.7 Å². The molecule has 0 heteroatoms. The molecule has 2 rings (SSSR count). The van der Waals surface area contributed by atoms with Crippen molar-refractivity contribution in [3.05, 3.63) is 24.3 Å². The van der Waals surface area contributed by atoms with E-state index in [1.54, 1.807) is 0 Å². The highest BCUT2D eigenvalue weighted by Gasteiger charge is 2.50. The molecule has 18 heavy (non-hydrogen) atoms. The molecular formula is C18H30. The average Bonchev–Trinajstić information content (AvgIpc) is 2.40. The highest BCUT2D eigenvalue weighted by molar-refractivity contribution is 5.16. The van der Waals surface area contributed by atoms with Crippen LogP contribution in [0.15, 0.2) is 24.3 Å². The molecular weight excluding hydrogens is 216 g/mol. The predicted molar refractivity (Wildman–Crippen MR) is 80.6 cm³/mol. The highest BCUT2D eigenvalue weighted by atomic mass is 14.5. The van der Waals surface area contributed by atoms with Crippen LogP contribution in [0.2, 0.25) is 0 Å². The van der Waals surface area contributed by atoms with Crippen LogP contribution in [0.3, 0.4) is 0 Å². The first-order chi connectivity index (χ1) is 8.67. The van der Waals surface area contributed by atoms with E-state index in [0.717, 1.165) is 5.92 Å². The van der Waals surface area contributed by atoms with Crippen molar-refractivity contribution >= 4 is 0 Å². The molecule has 0 fully saturated rings. The molecule has 2 unspecified atom stereocenters. The molecule has 0 aromatic rings. The zero-order chi connectivity index (χ0) is 13.1. The Balaban J connectivity index is 2.39. The maximum absolute atomic E-state index is 2.62. The predicted octanol–water partition coefficient (Wildman–Crippen LogP) is 5.90.